The van der Waals surface area contributed by atoms with Gasteiger partial charge in [0.1, 0.15) is 11.5 Å². The van der Waals surface area contributed by atoms with Crippen LogP contribution in [0.25, 0.3) is 0 Å². The molecule has 0 bridgehead atoms. The normalized spacial score (nSPS) is 23.1. The number of aliphatic imine (C=N–C) groups is 1. The Morgan fingerprint density at radius 2 is 2.19 bits per heavy atom. The Morgan fingerprint density at radius 3 is 2.94 bits per heavy atom. The lowest BCUT2D eigenvalue weighted by Gasteiger charge is -2.44. The molecular weight excluding hydrogens is 435 g/mol. The van der Waals surface area contributed by atoms with Crippen molar-refractivity contribution >= 4 is 28.5 Å². The summed E-state index contributed by atoms with van der Waals surface area (Å²) in [6.07, 6.45) is 2.39. The minimum absolute atomic E-state index is 0.0627. The highest BCUT2D eigenvalue weighted by atomic mass is 32.2. The van der Waals surface area contributed by atoms with E-state index in [0.717, 1.165) is 12.4 Å². The molecule has 3 N–H and O–H groups in total. The Bertz CT molecular complexity index is 1010. The second-order valence-corrected chi connectivity index (χ2v) is 8.01. The summed E-state index contributed by atoms with van der Waals surface area (Å²) >= 11 is 1.40. The number of nitrogens with zero attached hydrogens (tertiary/aromatic N) is 3. The van der Waals surface area contributed by atoms with Gasteiger partial charge in [0.2, 0.25) is 5.88 Å². The van der Waals surface area contributed by atoms with E-state index in [2.05, 4.69) is 25.0 Å². The lowest BCUT2D eigenvalue weighted by atomic mass is 9.75. The average molecular weight is 453 g/mol. The van der Waals surface area contributed by atoms with Crippen LogP contribution in [0.4, 0.5) is 18.9 Å². The number of fused-ring (bicyclic) bond motifs is 1. The molecule has 164 valence electrons. The first kappa shape index (κ1) is 21.4. The summed E-state index contributed by atoms with van der Waals surface area (Å²) in [6.45, 7) is -2.20. The Morgan fingerprint density at radius 1 is 1.35 bits per heavy atom. The largest absolute Gasteiger partial charge is 0.415 e. The van der Waals surface area contributed by atoms with Crippen molar-refractivity contribution in [2.75, 3.05) is 24.3 Å². The summed E-state index contributed by atoms with van der Waals surface area (Å²) in [7, 11) is 0. The molecule has 0 unspecified atom stereocenters. The highest BCUT2D eigenvalue weighted by Gasteiger charge is 2.47. The Balaban J connectivity index is 1.59. The summed E-state index contributed by atoms with van der Waals surface area (Å²) in [6, 6.07) is 4.19. The van der Waals surface area contributed by atoms with E-state index in [-0.39, 0.29) is 11.6 Å². The molecule has 1 amide bonds. The SMILES string of the molecule is NC1=N[C@]2(c3cc(NC(=O)c4cnc(OC(F)F)cn4)ccc3F)CCOC[C@H]2CS1. The van der Waals surface area contributed by atoms with Gasteiger partial charge in [-0.2, -0.15) is 8.78 Å². The summed E-state index contributed by atoms with van der Waals surface area (Å²) < 4.78 is 49.0. The maximum absolute atomic E-state index is 14.9. The molecule has 8 nitrogen and oxygen atoms in total. The minimum atomic E-state index is -3.05. The number of benzene rings is 1. The molecule has 2 aliphatic rings. The third-order valence-corrected chi connectivity index (χ3v) is 6.08. The quantitative estimate of drug-likeness (QED) is 0.716. The molecule has 0 saturated carbocycles. The molecule has 0 spiro atoms. The Hall–Kier alpha value is -2.86. The van der Waals surface area contributed by atoms with Crippen molar-refractivity contribution in [1.29, 1.82) is 0 Å². The van der Waals surface area contributed by atoms with Crippen LogP contribution in [0.2, 0.25) is 0 Å². The average Bonchev–Trinajstić information content (AvgIpc) is 2.75. The topological polar surface area (TPSA) is 112 Å². The molecular formula is C19H18F3N5O3S. The fourth-order valence-corrected chi connectivity index (χ4v) is 4.65. The number of aromatic nitrogens is 2. The standard InChI is InChI=1S/C19H18F3N5O3S/c20-13-2-1-11(26-16(28)14-6-25-15(7-24-14)30-17(21)22)5-12(13)19-3-4-29-8-10(19)9-31-18(23)27-19/h1-2,5-7,10,17H,3-4,8-9H2,(H2,23,27)(H,26,28)/t10-,19+/m0/s1. The predicted molar refractivity (Wildman–Crippen MR) is 108 cm³/mol. The molecule has 2 atom stereocenters. The highest BCUT2D eigenvalue weighted by molar-refractivity contribution is 8.13. The van der Waals surface area contributed by atoms with Crippen LogP contribution in [0, 0.1) is 11.7 Å². The van der Waals surface area contributed by atoms with E-state index in [0.29, 0.717) is 41.8 Å². The van der Waals surface area contributed by atoms with E-state index in [9.17, 15) is 18.0 Å². The molecule has 4 rings (SSSR count). The van der Waals surface area contributed by atoms with Gasteiger partial charge >= 0.3 is 6.61 Å². The molecule has 0 radical (unpaired) electrons. The van der Waals surface area contributed by atoms with Crippen LogP contribution in [-0.4, -0.2) is 46.6 Å². The van der Waals surface area contributed by atoms with E-state index < -0.39 is 29.8 Å². The first-order chi connectivity index (χ1) is 14.9. The maximum Gasteiger partial charge on any atom is 0.388 e. The number of nitrogens with one attached hydrogen (secondary N) is 1. The summed E-state index contributed by atoms with van der Waals surface area (Å²) in [4.78, 5) is 24.5. The lowest BCUT2D eigenvalue weighted by molar-refractivity contribution is -0.0531. The summed E-state index contributed by atoms with van der Waals surface area (Å²) in [5, 5.41) is 3.00. The monoisotopic (exact) mass is 453 g/mol. The van der Waals surface area contributed by atoms with Crippen LogP contribution < -0.4 is 15.8 Å². The zero-order valence-electron chi connectivity index (χ0n) is 16.1. The molecule has 2 aliphatic heterocycles. The number of carbonyl (C=O) groups is 1. The molecule has 3 heterocycles. The van der Waals surface area contributed by atoms with Crippen molar-refractivity contribution in [1.82, 2.24) is 9.97 Å². The third-order valence-electron chi connectivity index (χ3n) is 5.13. The van der Waals surface area contributed by atoms with Gasteiger partial charge in [-0.1, -0.05) is 11.8 Å². The lowest BCUT2D eigenvalue weighted by Crippen LogP contribution is -2.47. The van der Waals surface area contributed by atoms with Crippen LogP contribution in [0.3, 0.4) is 0 Å². The third kappa shape index (κ3) is 4.44. The minimum Gasteiger partial charge on any atom is -0.415 e. The van der Waals surface area contributed by atoms with Crippen molar-refractivity contribution in [3.05, 3.63) is 47.7 Å². The number of nitrogens with two attached hydrogens (primary N) is 1. The van der Waals surface area contributed by atoms with Crippen LogP contribution in [0.5, 0.6) is 5.88 Å². The van der Waals surface area contributed by atoms with Crippen LogP contribution in [0.1, 0.15) is 22.5 Å². The molecule has 1 fully saturated rings. The number of carbonyl (C=O) groups excluding carboxylic acids is 1. The van der Waals surface area contributed by atoms with Gasteiger partial charge in [0, 0.05) is 35.9 Å². The van der Waals surface area contributed by atoms with Gasteiger partial charge in [-0.15, -0.1) is 0 Å². The maximum atomic E-state index is 14.9. The molecule has 2 aromatic rings. The van der Waals surface area contributed by atoms with Gasteiger partial charge in [0.15, 0.2) is 5.17 Å². The number of anilines is 1. The molecule has 1 aromatic heterocycles. The first-order valence-corrected chi connectivity index (χ1v) is 10.3. The number of rotatable bonds is 5. The summed E-state index contributed by atoms with van der Waals surface area (Å²) in [5.41, 5.74) is 5.62. The van der Waals surface area contributed by atoms with E-state index >= 15 is 0 Å². The van der Waals surface area contributed by atoms with Crippen LogP contribution in [-0.2, 0) is 10.3 Å². The number of thioether (sulfide) groups is 1. The molecule has 1 aromatic carbocycles. The first-order valence-electron chi connectivity index (χ1n) is 9.31. The number of amides is 1. The molecule has 12 heteroatoms. The molecule has 0 aliphatic carbocycles. The van der Waals surface area contributed by atoms with Crippen molar-refractivity contribution < 1.29 is 27.4 Å². The predicted octanol–water partition coefficient (Wildman–Crippen LogP) is 2.76. The zero-order chi connectivity index (χ0) is 22.0. The fraction of sp³-hybridized carbons (Fsp3) is 0.368. The number of hydrogen-bond donors (Lipinski definition) is 2. The second kappa shape index (κ2) is 8.71. The highest BCUT2D eigenvalue weighted by Crippen LogP contribution is 2.46. The molecule has 31 heavy (non-hydrogen) atoms. The Kier molecular flexibility index (Phi) is 6.01. The van der Waals surface area contributed by atoms with Crippen molar-refractivity contribution in [3.8, 4) is 5.88 Å². The van der Waals surface area contributed by atoms with Gasteiger partial charge in [0.25, 0.3) is 5.91 Å². The van der Waals surface area contributed by atoms with E-state index in [1.165, 1.54) is 30.0 Å². The number of alkyl halides is 2. The number of amidine groups is 1. The van der Waals surface area contributed by atoms with Crippen molar-refractivity contribution in [2.24, 2.45) is 16.6 Å². The smallest absolute Gasteiger partial charge is 0.388 e. The second-order valence-electron chi connectivity index (χ2n) is 6.97. The fourth-order valence-electron chi connectivity index (χ4n) is 3.67. The van der Waals surface area contributed by atoms with E-state index in [1.807, 2.05) is 0 Å². The summed E-state index contributed by atoms with van der Waals surface area (Å²) in [5.74, 6) is -0.926. The Labute approximate surface area is 179 Å². The van der Waals surface area contributed by atoms with Gasteiger partial charge in [-0.25, -0.2) is 14.4 Å². The van der Waals surface area contributed by atoms with Crippen LogP contribution >= 0.6 is 11.8 Å². The van der Waals surface area contributed by atoms with E-state index in [1.54, 1.807) is 0 Å². The van der Waals surface area contributed by atoms with E-state index in [4.69, 9.17) is 10.5 Å². The molecule has 1 saturated heterocycles. The van der Waals surface area contributed by atoms with Crippen molar-refractivity contribution in [2.45, 2.75) is 18.6 Å². The number of halogens is 3. The zero-order valence-corrected chi connectivity index (χ0v) is 16.9. The van der Waals surface area contributed by atoms with Gasteiger partial charge in [-0.3, -0.25) is 9.79 Å². The van der Waals surface area contributed by atoms with Gasteiger partial charge in [-0.05, 0) is 18.2 Å². The number of hydrogen-bond acceptors (Lipinski definition) is 8. The van der Waals surface area contributed by atoms with Gasteiger partial charge < -0.3 is 20.5 Å². The van der Waals surface area contributed by atoms with Gasteiger partial charge in [0.05, 0.1) is 24.5 Å². The number of ether oxygens (including phenoxy) is 2. The van der Waals surface area contributed by atoms with Crippen molar-refractivity contribution in [3.63, 3.8) is 0 Å². The van der Waals surface area contributed by atoms with Crippen LogP contribution in [0.15, 0.2) is 35.6 Å².